The number of rotatable bonds is 6. The Bertz CT molecular complexity index is 457. The highest BCUT2D eigenvalue weighted by atomic mass is 16.5. The highest BCUT2D eigenvalue weighted by molar-refractivity contribution is 5.96. The Morgan fingerprint density at radius 1 is 1.48 bits per heavy atom. The first-order valence-electron chi connectivity index (χ1n) is 7.76. The van der Waals surface area contributed by atoms with E-state index in [4.69, 9.17) is 4.74 Å². The number of unbranched alkanes of at least 4 members (excludes halogenated alkanes) is 1. The fourth-order valence-electron chi connectivity index (χ4n) is 2.67. The summed E-state index contributed by atoms with van der Waals surface area (Å²) >= 11 is 0. The van der Waals surface area contributed by atoms with Gasteiger partial charge in [-0.25, -0.2) is 4.98 Å². The van der Waals surface area contributed by atoms with Crippen molar-refractivity contribution in [2.24, 2.45) is 0 Å². The van der Waals surface area contributed by atoms with Crippen LogP contribution in [0.2, 0.25) is 0 Å². The molecule has 0 aromatic carbocycles. The molecule has 0 saturated carbocycles. The van der Waals surface area contributed by atoms with E-state index in [0.29, 0.717) is 11.4 Å². The number of piperidine rings is 1. The quantitative estimate of drug-likeness (QED) is 0.872. The number of aromatic nitrogens is 1. The molecule has 1 amide bonds. The molecule has 1 aliphatic rings. The summed E-state index contributed by atoms with van der Waals surface area (Å²) in [5.41, 5.74) is 0.508. The molecule has 116 valence electrons. The number of likely N-dealkylation sites (tertiary alicyclic amines) is 1. The van der Waals surface area contributed by atoms with E-state index < -0.39 is 0 Å². The standard InChI is InChI=1S/C16H25N3O2/c1-3-4-10-19-11-7-13(8-12-19)18-15(20)14-6-5-9-17-16(14)21-2/h5-6,9,13H,3-4,7-8,10-12H2,1-2H3,(H,18,20). The van der Waals surface area contributed by atoms with Crippen molar-refractivity contribution in [3.05, 3.63) is 23.9 Å². The third-order valence-electron chi connectivity index (χ3n) is 3.96. The minimum absolute atomic E-state index is 0.0908. The van der Waals surface area contributed by atoms with Gasteiger partial charge in [0.1, 0.15) is 5.56 Å². The van der Waals surface area contributed by atoms with Gasteiger partial charge in [0, 0.05) is 25.3 Å². The van der Waals surface area contributed by atoms with Crippen LogP contribution in [0.4, 0.5) is 0 Å². The van der Waals surface area contributed by atoms with E-state index in [1.165, 1.54) is 26.5 Å². The minimum Gasteiger partial charge on any atom is -0.480 e. The number of carbonyl (C=O) groups is 1. The lowest BCUT2D eigenvalue weighted by molar-refractivity contribution is 0.0907. The smallest absolute Gasteiger partial charge is 0.256 e. The molecule has 2 heterocycles. The predicted molar refractivity (Wildman–Crippen MR) is 82.6 cm³/mol. The molecule has 0 atom stereocenters. The lowest BCUT2D eigenvalue weighted by Gasteiger charge is -2.32. The van der Waals surface area contributed by atoms with Gasteiger partial charge < -0.3 is 15.0 Å². The van der Waals surface area contributed by atoms with E-state index in [-0.39, 0.29) is 11.9 Å². The van der Waals surface area contributed by atoms with Crippen LogP contribution in [0.15, 0.2) is 18.3 Å². The Labute approximate surface area is 126 Å². The summed E-state index contributed by atoms with van der Waals surface area (Å²) in [6.45, 7) is 5.52. The molecule has 1 aliphatic heterocycles. The van der Waals surface area contributed by atoms with Crippen LogP contribution < -0.4 is 10.1 Å². The first-order chi connectivity index (χ1) is 10.2. The zero-order valence-corrected chi connectivity index (χ0v) is 13.0. The van der Waals surface area contributed by atoms with E-state index >= 15 is 0 Å². The number of methoxy groups -OCH3 is 1. The lowest BCUT2D eigenvalue weighted by atomic mass is 10.0. The Balaban J connectivity index is 1.84. The molecule has 0 bridgehead atoms. The van der Waals surface area contributed by atoms with Gasteiger partial charge in [0.2, 0.25) is 5.88 Å². The first kappa shape index (κ1) is 15.8. The van der Waals surface area contributed by atoms with E-state index in [0.717, 1.165) is 25.9 Å². The summed E-state index contributed by atoms with van der Waals surface area (Å²) in [4.78, 5) is 18.9. The maximum atomic E-state index is 12.3. The van der Waals surface area contributed by atoms with Gasteiger partial charge >= 0.3 is 0 Å². The second-order valence-corrected chi connectivity index (χ2v) is 5.50. The third kappa shape index (κ3) is 4.43. The number of nitrogens with zero attached hydrogens (tertiary/aromatic N) is 2. The number of ether oxygens (including phenoxy) is 1. The van der Waals surface area contributed by atoms with Crippen molar-refractivity contribution in [2.75, 3.05) is 26.7 Å². The van der Waals surface area contributed by atoms with Gasteiger partial charge in [-0.2, -0.15) is 0 Å². The summed E-state index contributed by atoms with van der Waals surface area (Å²) in [5, 5.41) is 3.10. The van der Waals surface area contributed by atoms with Crippen LogP contribution in [0.5, 0.6) is 5.88 Å². The van der Waals surface area contributed by atoms with E-state index in [1.54, 1.807) is 18.3 Å². The van der Waals surface area contributed by atoms with Crippen molar-refractivity contribution in [3.8, 4) is 5.88 Å². The van der Waals surface area contributed by atoms with Crippen LogP contribution in [0.25, 0.3) is 0 Å². The molecule has 1 aromatic heterocycles. The zero-order valence-electron chi connectivity index (χ0n) is 13.0. The van der Waals surface area contributed by atoms with Crippen LogP contribution >= 0.6 is 0 Å². The average Bonchev–Trinajstić information content (AvgIpc) is 2.54. The number of nitrogens with one attached hydrogen (secondary N) is 1. The molecule has 5 heteroatoms. The molecule has 1 aromatic rings. The number of amides is 1. The van der Waals surface area contributed by atoms with E-state index in [9.17, 15) is 4.79 Å². The average molecular weight is 291 g/mol. The molecule has 2 rings (SSSR count). The van der Waals surface area contributed by atoms with Crippen molar-refractivity contribution in [2.45, 2.75) is 38.6 Å². The molecule has 0 spiro atoms. The first-order valence-corrected chi connectivity index (χ1v) is 7.76. The number of hydrogen-bond donors (Lipinski definition) is 1. The molecule has 21 heavy (non-hydrogen) atoms. The minimum atomic E-state index is -0.0908. The maximum absolute atomic E-state index is 12.3. The van der Waals surface area contributed by atoms with E-state index in [1.807, 2.05) is 0 Å². The van der Waals surface area contributed by atoms with Crippen LogP contribution in [0.3, 0.4) is 0 Å². The fraction of sp³-hybridized carbons (Fsp3) is 0.625. The second-order valence-electron chi connectivity index (χ2n) is 5.50. The molecule has 1 N–H and O–H groups in total. The number of hydrogen-bond acceptors (Lipinski definition) is 4. The molecule has 0 unspecified atom stereocenters. The topological polar surface area (TPSA) is 54.5 Å². The molecule has 0 aliphatic carbocycles. The summed E-state index contributed by atoms with van der Waals surface area (Å²) < 4.78 is 5.14. The van der Waals surface area contributed by atoms with E-state index in [2.05, 4.69) is 22.1 Å². The third-order valence-corrected chi connectivity index (χ3v) is 3.96. The van der Waals surface area contributed by atoms with Crippen LogP contribution in [0, 0.1) is 0 Å². The van der Waals surface area contributed by atoms with Crippen molar-refractivity contribution in [3.63, 3.8) is 0 Å². The highest BCUT2D eigenvalue weighted by Gasteiger charge is 2.22. The van der Waals surface area contributed by atoms with Gasteiger partial charge in [-0.05, 0) is 37.9 Å². The monoisotopic (exact) mass is 291 g/mol. The zero-order chi connectivity index (χ0) is 15.1. The maximum Gasteiger partial charge on any atom is 0.256 e. The summed E-state index contributed by atoms with van der Waals surface area (Å²) in [6, 6.07) is 3.75. The van der Waals surface area contributed by atoms with Gasteiger partial charge in [0.25, 0.3) is 5.91 Å². The normalized spacial score (nSPS) is 16.7. The molecular formula is C16H25N3O2. The highest BCUT2D eigenvalue weighted by Crippen LogP contribution is 2.16. The summed E-state index contributed by atoms with van der Waals surface area (Å²) in [7, 11) is 1.53. The van der Waals surface area contributed by atoms with Gasteiger partial charge in [0.05, 0.1) is 7.11 Å². The predicted octanol–water partition coefficient (Wildman–Crippen LogP) is 2.08. The fourth-order valence-corrected chi connectivity index (χ4v) is 2.67. The van der Waals surface area contributed by atoms with Crippen LogP contribution in [-0.2, 0) is 0 Å². The molecule has 1 saturated heterocycles. The Hall–Kier alpha value is -1.62. The van der Waals surface area contributed by atoms with Gasteiger partial charge in [-0.15, -0.1) is 0 Å². The molecule has 5 nitrogen and oxygen atoms in total. The second kappa shape index (κ2) is 7.98. The SMILES string of the molecule is CCCCN1CCC(NC(=O)c2cccnc2OC)CC1. The van der Waals surface area contributed by atoms with Crippen LogP contribution in [0.1, 0.15) is 43.0 Å². The Kier molecular flexibility index (Phi) is 5.99. The number of carbonyl (C=O) groups excluding carboxylic acids is 1. The van der Waals surface area contributed by atoms with Crippen molar-refractivity contribution in [1.82, 2.24) is 15.2 Å². The summed E-state index contributed by atoms with van der Waals surface area (Å²) in [6.07, 6.45) is 6.14. The lowest BCUT2D eigenvalue weighted by Crippen LogP contribution is -2.44. The Morgan fingerprint density at radius 2 is 2.24 bits per heavy atom. The van der Waals surface area contributed by atoms with Gasteiger partial charge in [-0.3, -0.25) is 4.79 Å². The largest absolute Gasteiger partial charge is 0.480 e. The van der Waals surface area contributed by atoms with Gasteiger partial charge in [0.15, 0.2) is 0 Å². The van der Waals surface area contributed by atoms with Crippen LogP contribution in [-0.4, -0.2) is 48.6 Å². The van der Waals surface area contributed by atoms with Crippen molar-refractivity contribution < 1.29 is 9.53 Å². The number of pyridine rings is 1. The molecule has 0 radical (unpaired) electrons. The summed E-state index contributed by atoms with van der Waals surface area (Å²) in [5.74, 6) is 0.294. The van der Waals surface area contributed by atoms with Crippen molar-refractivity contribution in [1.29, 1.82) is 0 Å². The molecular weight excluding hydrogens is 266 g/mol. The van der Waals surface area contributed by atoms with Gasteiger partial charge in [-0.1, -0.05) is 13.3 Å². The Morgan fingerprint density at radius 3 is 2.90 bits per heavy atom. The molecule has 1 fully saturated rings. The van der Waals surface area contributed by atoms with Crippen molar-refractivity contribution >= 4 is 5.91 Å².